The Balaban J connectivity index is 3.20. The highest BCUT2D eigenvalue weighted by atomic mass is 79.9. The number of hydrogen-bond donors (Lipinski definition) is 0. The third-order valence-corrected chi connectivity index (χ3v) is 2.00. The van der Waals surface area contributed by atoms with Crippen LogP contribution in [0.4, 0.5) is 0 Å². The van der Waals surface area contributed by atoms with Crippen molar-refractivity contribution in [2.45, 2.75) is 13.3 Å². The highest BCUT2D eigenvalue weighted by molar-refractivity contribution is 9.10. The van der Waals surface area contributed by atoms with Crippen LogP contribution in [0.3, 0.4) is 0 Å². The molecule has 13 heavy (non-hydrogen) atoms. The van der Waals surface area contributed by atoms with Crippen LogP contribution in [-0.2, 0) is 6.42 Å². The summed E-state index contributed by atoms with van der Waals surface area (Å²) in [6.07, 6.45) is 1.75. The number of nitrogens with zero attached hydrogens (tertiary/aromatic N) is 2. The Kier molecular flexibility index (Phi) is 3.15. The molecule has 0 saturated heterocycles. The van der Waals surface area contributed by atoms with Crippen molar-refractivity contribution < 1.29 is 4.79 Å². The van der Waals surface area contributed by atoms with Gasteiger partial charge in [-0.1, -0.05) is 0 Å². The van der Waals surface area contributed by atoms with Crippen LogP contribution >= 0.6 is 15.9 Å². The molecule has 0 amide bonds. The molecule has 0 atom stereocenters. The van der Waals surface area contributed by atoms with Crippen molar-refractivity contribution in [2.75, 3.05) is 0 Å². The van der Waals surface area contributed by atoms with Crippen LogP contribution in [0.1, 0.15) is 23.0 Å². The number of aromatic nitrogens is 1. The van der Waals surface area contributed by atoms with E-state index in [1.165, 1.54) is 6.92 Å². The first-order valence-corrected chi connectivity index (χ1v) is 4.46. The van der Waals surface area contributed by atoms with Crippen LogP contribution in [0.2, 0.25) is 0 Å². The standard InChI is InChI=1S/C9H7BrN2O/c1-6(13)8-4-7(10)5-12-9(8)2-3-11/h4-5H,2H2,1H3. The number of ketones is 1. The van der Waals surface area contributed by atoms with Gasteiger partial charge in [0.05, 0.1) is 18.2 Å². The van der Waals surface area contributed by atoms with Crippen LogP contribution in [0.25, 0.3) is 0 Å². The lowest BCUT2D eigenvalue weighted by molar-refractivity contribution is 0.101. The molecule has 0 aliphatic heterocycles. The molecule has 0 radical (unpaired) electrons. The minimum atomic E-state index is -0.0703. The van der Waals surface area contributed by atoms with Gasteiger partial charge in [0.25, 0.3) is 0 Å². The van der Waals surface area contributed by atoms with Gasteiger partial charge >= 0.3 is 0 Å². The highest BCUT2D eigenvalue weighted by Crippen LogP contribution is 2.14. The molecule has 0 aliphatic rings. The van der Waals surface area contributed by atoms with Gasteiger partial charge in [-0.25, -0.2) is 0 Å². The van der Waals surface area contributed by atoms with E-state index in [4.69, 9.17) is 5.26 Å². The third-order valence-electron chi connectivity index (χ3n) is 1.56. The molecule has 1 aromatic heterocycles. The molecule has 0 saturated carbocycles. The second kappa shape index (κ2) is 4.15. The second-order valence-electron chi connectivity index (χ2n) is 2.54. The lowest BCUT2D eigenvalue weighted by atomic mass is 10.1. The zero-order valence-corrected chi connectivity index (χ0v) is 8.63. The maximum Gasteiger partial charge on any atom is 0.161 e. The fraction of sp³-hybridized carbons (Fsp3) is 0.222. The van der Waals surface area contributed by atoms with Gasteiger partial charge in [0, 0.05) is 16.2 Å². The maximum atomic E-state index is 11.1. The van der Waals surface area contributed by atoms with Gasteiger partial charge in [-0.2, -0.15) is 5.26 Å². The summed E-state index contributed by atoms with van der Waals surface area (Å²) in [6, 6.07) is 3.65. The largest absolute Gasteiger partial charge is 0.294 e. The first-order valence-electron chi connectivity index (χ1n) is 3.67. The minimum absolute atomic E-state index is 0.0703. The van der Waals surface area contributed by atoms with Crippen molar-refractivity contribution in [1.29, 1.82) is 5.26 Å². The topological polar surface area (TPSA) is 53.8 Å². The number of halogens is 1. The number of hydrogen-bond acceptors (Lipinski definition) is 3. The lowest BCUT2D eigenvalue weighted by Crippen LogP contribution is -2.01. The molecule has 1 rings (SSSR count). The summed E-state index contributed by atoms with van der Waals surface area (Å²) in [4.78, 5) is 15.1. The quantitative estimate of drug-likeness (QED) is 0.742. The molecule has 0 spiro atoms. The SMILES string of the molecule is CC(=O)c1cc(Br)cnc1CC#N. The Bertz CT molecular complexity index is 382. The number of carbonyl (C=O) groups is 1. The van der Waals surface area contributed by atoms with Crippen molar-refractivity contribution in [3.8, 4) is 6.07 Å². The number of rotatable bonds is 2. The van der Waals surface area contributed by atoms with Gasteiger partial charge in [-0.15, -0.1) is 0 Å². The average Bonchev–Trinajstić information content (AvgIpc) is 2.08. The zero-order chi connectivity index (χ0) is 9.84. The Hall–Kier alpha value is -1.21. The number of carbonyl (C=O) groups excluding carboxylic acids is 1. The van der Waals surface area contributed by atoms with Crippen molar-refractivity contribution >= 4 is 21.7 Å². The first kappa shape index (κ1) is 9.87. The van der Waals surface area contributed by atoms with Gasteiger partial charge < -0.3 is 0 Å². The molecular weight excluding hydrogens is 232 g/mol. The lowest BCUT2D eigenvalue weighted by Gasteiger charge is -2.01. The van der Waals surface area contributed by atoms with Crippen LogP contribution in [0.5, 0.6) is 0 Å². The molecule has 1 heterocycles. The van der Waals surface area contributed by atoms with Gasteiger partial charge in [-0.3, -0.25) is 9.78 Å². The summed E-state index contributed by atoms with van der Waals surface area (Å²) in [6.45, 7) is 1.46. The molecule has 0 aliphatic carbocycles. The van der Waals surface area contributed by atoms with E-state index in [-0.39, 0.29) is 12.2 Å². The summed E-state index contributed by atoms with van der Waals surface area (Å²) >= 11 is 3.22. The fourth-order valence-electron chi connectivity index (χ4n) is 0.988. The summed E-state index contributed by atoms with van der Waals surface area (Å²) < 4.78 is 0.749. The van der Waals surface area contributed by atoms with Gasteiger partial charge in [0.1, 0.15) is 0 Å². The zero-order valence-electron chi connectivity index (χ0n) is 7.04. The summed E-state index contributed by atoms with van der Waals surface area (Å²) in [5.74, 6) is -0.0703. The second-order valence-corrected chi connectivity index (χ2v) is 3.45. The predicted molar refractivity (Wildman–Crippen MR) is 51.3 cm³/mol. The van der Waals surface area contributed by atoms with Crippen LogP contribution in [-0.4, -0.2) is 10.8 Å². The maximum absolute atomic E-state index is 11.1. The minimum Gasteiger partial charge on any atom is -0.294 e. The number of pyridine rings is 1. The average molecular weight is 239 g/mol. The molecular formula is C9H7BrN2O. The van der Waals surface area contributed by atoms with Crippen molar-refractivity contribution in [3.05, 3.63) is 28.0 Å². The van der Waals surface area contributed by atoms with E-state index in [1.54, 1.807) is 12.3 Å². The van der Waals surface area contributed by atoms with Gasteiger partial charge in [-0.05, 0) is 28.9 Å². The van der Waals surface area contributed by atoms with Crippen LogP contribution in [0, 0.1) is 11.3 Å². The molecule has 66 valence electrons. The fourth-order valence-corrected chi connectivity index (χ4v) is 1.32. The van der Waals surface area contributed by atoms with E-state index in [1.807, 2.05) is 6.07 Å². The Morgan fingerprint density at radius 3 is 3.00 bits per heavy atom. The Morgan fingerprint density at radius 2 is 2.46 bits per heavy atom. The molecule has 0 bridgehead atoms. The van der Waals surface area contributed by atoms with E-state index >= 15 is 0 Å². The molecule has 0 N–H and O–H groups in total. The van der Waals surface area contributed by atoms with E-state index in [0.717, 1.165) is 4.47 Å². The third kappa shape index (κ3) is 2.36. The summed E-state index contributed by atoms with van der Waals surface area (Å²) in [5.41, 5.74) is 1.05. The van der Waals surface area contributed by atoms with Crippen LogP contribution < -0.4 is 0 Å². The van der Waals surface area contributed by atoms with Gasteiger partial charge in [0.15, 0.2) is 5.78 Å². The van der Waals surface area contributed by atoms with Crippen molar-refractivity contribution in [1.82, 2.24) is 4.98 Å². The van der Waals surface area contributed by atoms with Crippen LogP contribution in [0.15, 0.2) is 16.7 Å². The van der Waals surface area contributed by atoms with E-state index in [9.17, 15) is 4.79 Å². The van der Waals surface area contributed by atoms with Crippen molar-refractivity contribution in [2.24, 2.45) is 0 Å². The van der Waals surface area contributed by atoms with Gasteiger partial charge in [0.2, 0.25) is 0 Å². The monoisotopic (exact) mass is 238 g/mol. The molecule has 0 unspecified atom stereocenters. The van der Waals surface area contributed by atoms with E-state index < -0.39 is 0 Å². The smallest absolute Gasteiger partial charge is 0.161 e. The predicted octanol–water partition coefficient (Wildman–Crippen LogP) is 2.11. The molecule has 4 heteroatoms. The van der Waals surface area contributed by atoms with E-state index in [2.05, 4.69) is 20.9 Å². The highest BCUT2D eigenvalue weighted by Gasteiger charge is 2.08. The van der Waals surface area contributed by atoms with Crippen molar-refractivity contribution in [3.63, 3.8) is 0 Å². The molecule has 0 aromatic carbocycles. The Morgan fingerprint density at radius 1 is 1.77 bits per heavy atom. The number of Topliss-reactive ketones (excluding diaryl/α,β-unsaturated/α-hetero) is 1. The molecule has 1 aromatic rings. The summed E-state index contributed by atoms with van der Waals surface area (Å²) in [7, 11) is 0. The normalized spacial score (nSPS) is 9.31. The molecule has 3 nitrogen and oxygen atoms in total. The molecule has 0 fully saturated rings. The van der Waals surface area contributed by atoms with E-state index in [0.29, 0.717) is 11.3 Å². The Labute approximate surface area is 84.5 Å². The first-order chi connectivity index (χ1) is 6.15. The summed E-state index contributed by atoms with van der Waals surface area (Å²) in [5, 5.41) is 8.48. The number of nitriles is 1.